The maximum Gasteiger partial charge on any atom is 0.235 e. The molecule has 2 aromatic heterocycles. The molecule has 6 nitrogen and oxygen atoms in total. The molecule has 128 valence electrons. The van der Waals surface area contributed by atoms with Crippen LogP contribution in [0.3, 0.4) is 0 Å². The van der Waals surface area contributed by atoms with Gasteiger partial charge in [-0.25, -0.2) is 4.98 Å². The fraction of sp³-hybridized carbons (Fsp3) is 0.312. The van der Waals surface area contributed by atoms with E-state index in [4.69, 9.17) is 0 Å². The SMILES string of the molecule is Cl.O=C(CSc1ccncc1)Nc1ccc(N2CCNCC2)cn1. The predicted octanol–water partition coefficient (Wildman–Crippen LogP) is 2.04. The van der Waals surface area contributed by atoms with Gasteiger partial charge in [0.1, 0.15) is 5.82 Å². The topological polar surface area (TPSA) is 70.2 Å². The van der Waals surface area contributed by atoms with E-state index in [1.54, 1.807) is 12.4 Å². The summed E-state index contributed by atoms with van der Waals surface area (Å²) < 4.78 is 0. The van der Waals surface area contributed by atoms with Crippen molar-refractivity contribution in [2.75, 3.05) is 42.1 Å². The average Bonchev–Trinajstić information content (AvgIpc) is 2.62. The molecular weight excluding hydrogens is 346 g/mol. The number of pyridine rings is 2. The van der Waals surface area contributed by atoms with E-state index in [9.17, 15) is 4.79 Å². The molecule has 0 aromatic carbocycles. The monoisotopic (exact) mass is 365 g/mol. The Morgan fingerprint density at radius 2 is 1.96 bits per heavy atom. The van der Waals surface area contributed by atoms with Crippen LogP contribution < -0.4 is 15.5 Å². The molecule has 0 aliphatic carbocycles. The number of aromatic nitrogens is 2. The molecule has 2 aromatic rings. The molecule has 3 heterocycles. The maximum atomic E-state index is 12.0. The first-order valence-corrected chi connectivity index (χ1v) is 8.54. The number of anilines is 2. The third-order valence-electron chi connectivity index (χ3n) is 3.52. The van der Waals surface area contributed by atoms with E-state index in [0.29, 0.717) is 11.6 Å². The second-order valence-corrected chi connectivity index (χ2v) is 6.21. The van der Waals surface area contributed by atoms with Crippen LogP contribution in [-0.4, -0.2) is 47.8 Å². The highest BCUT2D eigenvalue weighted by molar-refractivity contribution is 8.00. The Morgan fingerprint density at radius 3 is 2.62 bits per heavy atom. The number of carbonyl (C=O) groups excluding carboxylic acids is 1. The lowest BCUT2D eigenvalue weighted by Gasteiger charge is -2.29. The van der Waals surface area contributed by atoms with Crippen molar-refractivity contribution in [3.8, 4) is 0 Å². The van der Waals surface area contributed by atoms with Crippen molar-refractivity contribution >= 4 is 41.6 Å². The first-order valence-electron chi connectivity index (χ1n) is 7.56. The van der Waals surface area contributed by atoms with Crippen LogP contribution in [-0.2, 0) is 4.79 Å². The van der Waals surface area contributed by atoms with Gasteiger partial charge in [0.25, 0.3) is 0 Å². The number of nitrogens with zero attached hydrogens (tertiary/aromatic N) is 3. The standard InChI is InChI=1S/C16H19N5OS.ClH/c22-16(12-23-14-3-5-17-6-4-14)20-15-2-1-13(11-19-15)21-9-7-18-8-10-21;/h1-6,11,18H,7-10,12H2,(H,19,20,22);1H. The Bertz CT molecular complexity index is 635. The minimum absolute atomic E-state index is 0. The average molecular weight is 366 g/mol. The molecule has 0 bridgehead atoms. The van der Waals surface area contributed by atoms with E-state index >= 15 is 0 Å². The highest BCUT2D eigenvalue weighted by Gasteiger charge is 2.11. The van der Waals surface area contributed by atoms with Gasteiger partial charge in [0.05, 0.1) is 17.6 Å². The first kappa shape index (κ1) is 18.5. The van der Waals surface area contributed by atoms with Crippen molar-refractivity contribution in [3.63, 3.8) is 0 Å². The van der Waals surface area contributed by atoms with Gasteiger partial charge in [-0.3, -0.25) is 9.78 Å². The Kier molecular flexibility index (Phi) is 7.30. The van der Waals surface area contributed by atoms with Gasteiger partial charge in [-0.1, -0.05) is 0 Å². The molecule has 3 rings (SSSR count). The van der Waals surface area contributed by atoms with Crippen molar-refractivity contribution in [2.24, 2.45) is 0 Å². The molecule has 8 heteroatoms. The second kappa shape index (κ2) is 9.46. The summed E-state index contributed by atoms with van der Waals surface area (Å²) in [5.74, 6) is 0.879. The van der Waals surface area contributed by atoms with Crippen molar-refractivity contribution in [1.82, 2.24) is 15.3 Å². The number of piperazine rings is 1. The molecular formula is C16H20ClN5OS. The molecule has 0 atom stereocenters. The number of carbonyl (C=O) groups is 1. The summed E-state index contributed by atoms with van der Waals surface area (Å²) in [5.41, 5.74) is 1.09. The van der Waals surface area contributed by atoms with Crippen molar-refractivity contribution in [1.29, 1.82) is 0 Å². The minimum atomic E-state index is -0.0609. The third kappa shape index (κ3) is 5.36. The van der Waals surface area contributed by atoms with E-state index in [-0.39, 0.29) is 18.3 Å². The van der Waals surface area contributed by atoms with Gasteiger partial charge in [0, 0.05) is 43.5 Å². The lowest BCUT2D eigenvalue weighted by molar-refractivity contribution is -0.113. The summed E-state index contributed by atoms with van der Waals surface area (Å²) in [5, 5.41) is 6.15. The highest BCUT2D eigenvalue weighted by atomic mass is 35.5. The Hall–Kier alpha value is -1.83. The molecule has 0 saturated carbocycles. The molecule has 1 amide bonds. The number of halogens is 1. The summed E-state index contributed by atoms with van der Waals surface area (Å²) in [6, 6.07) is 7.63. The highest BCUT2D eigenvalue weighted by Crippen LogP contribution is 2.18. The normalized spacial score (nSPS) is 13.9. The zero-order chi connectivity index (χ0) is 15.9. The van der Waals surface area contributed by atoms with Crippen LogP contribution in [0.5, 0.6) is 0 Å². The molecule has 2 N–H and O–H groups in total. The maximum absolute atomic E-state index is 12.0. The quantitative estimate of drug-likeness (QED) is 0.790. The lowest BCUT2D eigenvalue weighted by Crippen LogP contribution is -2.43. The molecule has 1 aliphatic rings. The van der Waals surface area contributed by atoms with Crippen molar-refractivity contribution in [3.05, 3.63) is 42.9 Å². The zero-order valence-corrected chi connectivity index (χ0v) is 14.8. The van der Waals surface area contributed by atoms with Crippen LogP contribution in [0.4, 0.5) is 11.5 Å². The van der Waals surface area contributed by atoms with Gasteiger partial charge in [-0.05, 0) is 24.3 Å². The fourth-order valence-corrected chi connectivity index (χ4v) is 3.02. The smallest absolute Gasteiger partial charge is 0.235 e. The number of hydrogen-bond donors (Lipinski definition) is 2. The number of amides is 1. The molecule has 1 aliphatic heterocycles. The van der Waals surface area contributed by atoms with Gasteiger partial charge < -0.3 is 15.5 Å². The zero-order valence-electron chi connectivity index (χ0n) is 13.1. The molecule has 1 fully saturated rings. The van der Waals surface area contributed by atoms with Crippen LogP contribution in [0.15, 0.2) is 47.8 Å². The largest absolute Gasteiger partial charge is 0.368 e. The van der Waals surface area contributed by atoms with E-state index in [1.165, 1.54) is 11.8 Å². The van der Waals surface area contributed by atoms with Crippen LogP contribution >= 0.6 is 24.2 Å². The number of hydrogen-bond acceptors (Lipinski definition) is 6. The summed E-state index contributed by atoms with van der Waals surface area (Å²) in [4.78, 5) is 23.6. The second-order valence-electron chi connectivity index (χ2n) is 5.16. The molecule has 0 unspecified atom stereocenters. The van der Waals surface area contributed by atoms with Gasteiger partial charge in [-0.2, -0.15) is 0 Å². The van der Waals surface area contributed by atoms with Gasteiger partial charge in [0.2, 0.25) is 5.91 Å². The summed E-state index contributed by atoms with van der Waals surface area (Å²) in [6.07, 6.45) is 5.25. The summed E-state index contributed by atoms with van der Waals surface area (Å²) >= 11 is 1.48. The Morgan fingerprint density at radius 1 is 1.21 bits per heavy atom. The molecule has 1 saturated heterocycles. The van der Waals surface area contributed by atoms with Gasteiger partial charge in [-0.15, -0.1) is 24.2 Å². The number of thioether (sulfide) groups is 1. The minimum Gasteiger partial charge on any atom is -0.368 e. The van der Waals surface area contributed by atoms with E-state index in [0.717, 1.165) is 36.8 Å². The van der Waals surface area contributed by atoms with Gasteiger partial charge >= 0.3 is 0 Å². The van der Waals surface area contributed by atoms with Crippen LogP contribution in [0, 0.1) is 0 Å². The molecule has 0 radical (unpaired) electrons. The lowest BCUT2D eigenvalue weighted by atomic mass is 10.3. The summed E-state index contributed by atoms with van der Waals surface area (Å²) in [7, 11) is 0. The van der Waals surface area contributed by atoms with Crippen LogP contribution in [0.25, 0.3) is 0 Å². The van der Waals surface area contributed by atoms with Crippen LogP contribution in [0.1, 0.15) is 0 Å². The van der Waals surface area contributed by atoms with Crippen molar-refractivity contribution < 1.29 is 4.79 Å². The number of nitrogens with one attached hydrogen (secondary N) is 2. The number of rotatable bonds is 5. The van der Waals surface area contributed by atoms with E-state index < -0.39 is 0 Å². The molecule has 24 heavy (non-hydrogen) atoms. The van der Waals surface area contributed by atoms with E-state index in [2.05, 4.69) is 25.5 Å². The summed E-state index contributed by atoms with van der Waals surface area (Å²) in [6.45, 7) is 3.95. The molecule has 0 spiro atoms. The van der Waals surface area contributed by atoms with Crippen molar-refractivity contribution in [2.45, 2.75) is 4.90 Å². The Labute approximate surface area is 151 Å². The first-order chi connectivity index (χ1) is 11.3. The van der Waals surface area contributed by atoms with Gasteiger partial charge in [0.15, 0.2) is 0 Å². The van der Waals surface area contributed by atoms with Crippen LogP contribution in [0.2, 0.25) is 0 Å². The third-order valence-corrected chi connectivity index (χ3v) is 4.53. The predicted molar refractivity (Wildman–Crippen MR) is 100 cm³/mol. The fourth-order valence-electron chi connectivity index (χ4n) is 2.33. The Balaban J connectivity index is 0.00000208. The van der Waals surface area contributed by atoms with E-state index in [1.807, 2.05) is 30.5 Å².